The Labute approximate surface area is 211 Å². The molecule has 0 atom stereocenters. The molecule has 7 nitrogen and oxygen atoms in total. The van der Waals surface area contributed by atoms with Crippen molar-refractivity contribution in [1.29, 1.82) is 0 Å². The lowest BCUT2D eigenvalue weighted by Crippen LogP contribution is -2.54. The van der Waals surface area contributed by atoms with E-state index in [4.69, 9.17) is 17.0 Å². The van der Waals surface area contributed by atoms with E-state index in [-0.39, 0.29) is 16.5 Å². The monoisotopic (exact) mass is 498 g/mol. The summed E-state index contributed by atoms with van der Waals surface area (Å²) < 4.78 is 20.7. The molecule has 1 aliphatic rings. The molecule has 0 spiro atoms. The first kappa shape index (κ1) is 23.1. The summed E-state index contributed by atoms with van der Waals surface area (Å²) in [6.07, 6.45) is 3.01. The highest BCUT2D eigenvalue weighted by molar-refractivity contribution is 7.80. The van der Waals surface area contributed by atoms with Gasteiger partial charge in [0.2, 0.25) is 0 Å². The zero-order valence-corrected chi connectivity index (χ0v) is 19.8. The third kappa shape index (κ3) is 4.51. The second kappa shape index (κ2) is 9.55. The number of amides is 2. The molecule has 0 saturated carbocycles. The van der Waals surface area contributed by atoms with Gasteiger partial charge in [0, 0.05) is 11.3 Å². The number of aromatic nitrogens is 2. The van der Waals surface area contributed by atoms with Gasteiger partial charge in [-0.15, -0.1) is 0 Å². The molecule has 4 aromatic rings. The van der Waals surface area contributed by atoms with Crippen LogP contribution < -0.4 is 15.0 Å². The number of ether oxygens (including phenoxy) is 1. The minimum absolute atomic E-state index is 0.0161. The molecule has 1 saturated heterocycles. The number of carbonyl (C=O) groups excluding carboxylic acids is 2. The van der Waals surface area contributed by atoms with Crippen molar-refractivity contribution in [2.45, 2.75) is 6.92 Å². The van der Waals surface area contributed by atoms with Crippen LogP contribution in [0.5, 0.6) is 11.5 Å². The van der Waals surface area contributed by atoms with Crippen LogP contribution >= 0.6 is 12.2 Å². The van der Waals surface area contributed by atoms with Crippen LogP contribution in [0.1, 0.15) is 11.3 Å². The SMILES string of the molecule is Cc1c(C=C2C(=O)NC(=S)N(c3ccc(Oc4ccccc4)cc3)C2=O)cnn1-c1ccc(F)cc1. The van der Waals surface area contributed by atoms with E-state index in [1.807, 2.05) is 30.3 Å². The summed E-state index contributed by atoms with van der Waals surface area (Å²) in [5.41, 5.74) is 2.29. The molecule has 0 aliphatic carbocycles. The van der Waals surface area contributed by atoms with Crippen molar-refractivity contribution < 1.29 is 18.7 Å². The molecular formula is C27H19FN4O3S. The first-order valence-corrected chi connectivity index (χ1v) is 11.4. The van der Waals surface area contributed by atoms with Gasteiger partial charge in [0.1, 0.15) is 22.9 Å². The maximum atomic E-state index is 13.4. The predicted octanol–water partition coefficient (Wildman–Crippen LogP) is 4.94. The van der Waals surface area contributed by atoms with Gasteiger partial charge in [0.15, 0.2) is 5.11 Å². The predicted molar refractivity (Wildman–Crippen MR) is 137 cm³/mol. The zero-order valence-electron chi connectivity index (χ0n) is 19.0. The number of nitrogens with zero attached hydrogens (tertiary/aromatic N) is 3. The Bertz CT molecular complexity index is 1500. The summed E-state index contributed by atoms with van der Waals surface area (Å²) in [4.78, 5) is 27.3. The summed E-state index contributed by atoms with van der Waals surface area (Å²) in [5.74, 6) is -0.243. The highest BCUT2D eigenvalue weighted by Gasteiger charge is 2.34. The Kier molecular flexibility index (Phi) is 6.14. The van der Waals surface area contributed by atoms with Crippen molar-refractivity contribution in [2.24, 2.45) is 0 Å². The number of hydrogen-bond acceptors (Lipinski definition) is 5. The topological polar surface area (TPSA) is 76.5 Å². The van der Waals surface area contributed by atoms with Crippen molar-refractivity contribution in [3.63, 3.8) is 0 Å². The number of thiocarbonyl (C=S) groups is 1. The van der Waals surface area contributed by atoms with Crippen molar-refractivity contribution in [3.05, 3.63) is 108 Å². The first-order valence-electron chi connectivity index (χ1n) is 11.0. The van der Waals surface area contributed by atoms with Crippen LogP contribution in [0.4, 0.5) is 10.1 Å². The maximum absolute atomic E-state index is 13.4. The lowest BCUT2D eigenvalue weighted by atomic mass is 10.1. The molecular weight excluding hydrogens is 479 g/mol. The molecule has 9 heteroatoms. The maximum Gasteiger partial charge on any atom is 0.270 e. The molecule has 2 heterocycles. The second-order valence-electron chi connectivity index (χ2n) is 7.94. The molecule has 36 heavy (non-hydrogen) atoms. The fraction of sp³-hybridized carbons (Fsp3) is 0.0370. The number of nitrogens with one attached hydrogen (secondary N) is 1. The third-order valence-electron chi connectivity index (χ3n) is 5.59. The number of hydrogen-bond donors (Lipinski definition) is 1. The lowest BCUT2D eigenvalue weighted by Gasteiger charge is -2.29. The van der Waals surface area contributed by atoms with E-state index in [2.05, 4.69) is 10.4 Å². The van der Waals surface area contributed by atoms with Gasteiger partial charge in [-0.1, -0.05) is 18.2 Å². The van der Waals surface area contributed by atoms with Crippen molar-refractivity contribution in [2.75, 3.05) is 4.90 Å². The van der Waals surface area contributed by atoms with Crippen molar-refractivity contribution in [1.82, 2.24) is 15.1 Å². The van der Waals surface area contributed by atoms with Crippen LogP contribution in [0.25, 0.3) is 11.8 Å². The van der Waals surface area contributed by atoms with Crippen molar-refractivity contribution >= 4 is 40.9 Å². The fourth-order valence-corrected chi connectivity index (χ4v) is 4.02. The number of benzene rings is 3. The molecule has 1 aliphatic heterocycles. The minimum atomic E-state index is -0.598. The fourth-order valence-electron chi connectivity index (χ4n) is 3.74. The van der Waals surface area contributed by atoms with Crippen LogP contribution in [0.3, 0.4) is 0 Å². The highest BCUT2D eigenvalue weighted by Crippen LogP contribution is 2.27. The van der Waals surface area contributed by atoms with Crippen LogP contribution in [0.2, 0.25) is 0 Å². The number of carbonyl (C=O) groups is 2. The Balaban J connectivity index is 1.42. The molecule has 0 unspecified atom stereocenters. The van der Waals surface area contributed by atoms with Crippen molar-refractivity contribution in [3.8, 4) is 17.2 Å². The minimum Gasteiger partial charge on any atom is -0.457 e. The quantitative estimate of drug-likeness (QED) is 0.240. The number of rotatable bonds is 5. The molecule has 0 radical (unpaired) electrons. The Morgan fingerprint density at radius 3 is 2.25 bits per heavy atom. The lowest BCUT2D eigenvalue weighted by molar-refractivity contribution is -0.122. The second-order valence-corrected chi connectivity index (χ2v) is 8.33. The van der Waals surface area contributed by atoms with Gasteiger partial charge in [-0.05, 0) is 85.9 Å². The van der Waals surface area contributed by atoms with Gasteiger partial charge in [0.25, 0.3) is 11.8 Å². The van der Waals surface area contributed by atoms with E-state index in [9.17, 15) is 14.0 Å². The zero-order chi connectivity index (χ0) is 25.2. The van der Waals surface area contributed by atoms with Crippen LogP contribution in [-0.4, -0.2) is 26.7 Å². The summed E-state index contributed by atoms with van der Waals surface area (Å²) in [5, 5.41) is 6.88. The van der Waals surface area contributed by atoms with E-state index in [1.165, 1.54) is 23.1 Å². The van der Waals surface area contributed by atoms with Crippen LogP contribution in [0.15, 0.2) is 90.6 Å². The normalized spacial score (nSPS) is 14.8. The largest absolute Gasteiger partial charge is 0.457 e. The van der Waals surface area contributed by atoms with E-state index in [1.54, 1.807) is 54.2 Å². The average Bonchev–Trinajstić information content (AvgIpc) is 3.23. The molecule has 3 aromatic carbocycles. The summed E-state index contributed by atoms with van der Waals surface area (Å²) >= 11 is 5.29. The number of halogens is 1. The molecule has 0 bridgehead atoms. The molecule has 5 rings (SSSR count). The molecule has 2 amide bonds. The van der Waals surface area contributed by atoms with Crippen LogP contribution in [-0.2, 0) is 9.59 Å². The van der Waals surface area contributed by atoms with Gasteiger partial charge in [-0.2, -0.15) is 5.10 Å². The van der Waals surface area contributed by atoms with Crippen LogP contribution in [0, 0.1) is 12.7 Å². The van der Waals surface area contributed by atoms with Gasteiger partial charge < -0.3 is 4.74 Å². The standard InChI is InChI=1S/C27H19FN4O3S/c1-17-18(16-29-32(17)21-9-7-19(28)8-10-21)15-24-25(33)30-27(36)31(26(24)34)20-11-13-23(14-12-20)35-22-5-3-2-4-6-22/h2-16H,1H3,(H,30,33,36). The van der Waals surface area contributed by atoms with E-state index in [0.29, 0.717) is 34.1 Å². The summed E-state index contributed by atoms with van der Waals surface area (Å²) in [7, 11) is 0. The van der Waals surface area contributed by atoms with Gasteiger partial charge in [-0.25, -0.2) is 9.07 Å². The first-order chi connectivity index (χ1) is 17.4. The summed E-state index contributed by atoms with van der Waals surface area (Å²) in [6.45, 7) is 1.79. The van der Waals surface area contributed by atoms with Gasteiger partial charge in [-0.3, -0.25) is 19.8 Å². The summed E-state index contributed by atoms with van der Waals surface area (Å²) in [6, 6.07) is 22.0. The van der Waals surface area contributed by atoms with E-state index in [0.717, 1.165) is 0 Å². The molecule has 1 fully saturated rings. The van der Waals surface area contributed by atoms with E-state index >= 15 is 0 Å². The van der Waals surface area contributed by atoms with E-state index < -0.39 is 11.8 Å². The number of para-hydroxylation sites is 1. The molecule has 1 N–H and O–H groups in total. The number of anilines is 1. The average molecular weight is 499 g/mol. The third-order valence-corrected chi connectivity index (χ3v) is 5.88. The smallest absolute Gasteiger partial charge is 0.270 e. The van der Waals surface area contributed by atoms with Gasteiger partial charge in [0.05, 0.1) is 17.6 Å². The molecule has 178 valence electrons. The molecule has 1 aromatic heterocycles. The Hall–Kier alpha value is -4.63. The Morgan fingerprint density at radius 1 is 0.917 bits per heavy atom. The Morgan fingerprint density at radius 2 is 1.56 bits per heavy atom. The van der Waals surface area contributed by atoms with Gasteiger partial charge >= 0.3 is 0 Å². The highest BCUT2D eigenvalue weighted by atomic mass is 32.1.